The molecule has 0 aliphatic heterocycles. The SMILES string of the molecule is CS(=O)(=O)N(Cc1ccccn1)Cc1coc(-c2ccccc2)n1. The number of aromatic nitrogens is 2. The van der Waals surface area contributed by atoms with Crippen LogP contribution >= 0.6 is 0 Å². The maximum absolute atomic E-state index is 12.1. The molecule has 0 unspecified atom stereocenters. The molecule has 0 atom stereocenters. The van der Waals surface area contributed by atoms with Crippen molar-refractivity contribution in [3.8, 4) is 11.5 Å². The third kappa shape index (κ3) is 4.06. The van der Waals surface area contributed by atoms with Gasteiger partial charge in [-0.2, -0.15) is 4.31 Å². The van der Waals surface area contributed by atoms with Gasteiger partial charge in [0.25, 0.3) is 0 Å². The van der Waals surface area contributed by atoms with Crippen molar-refractivity contribution in [1.29, 1.82) is 0 Å². The van der Waals surface area contributed by atoms with Crippen LogP contribution in [0.2, 0.25) is 0 Å². The van der Waals surface area contributed by atoms with Crippen molar-refractivity contribution in [2.24, 2.45) is 0 Å². The third-order valence-electron chi connectivity index (χ3n) is 3.44. The molecule has 0 spiro atoms. The summed E-state index contributed by atoms with van der Waals surface area (Å²) < 4.78 is 30.9. The van der Waals surface area contributed by atoms with Gasteiger partial charge in [0.05, 0.1) is 30.7 Å². The van der Waals surface area contributed by atoms with Crippen LogP contribution in [0, 0.1) is 0 Å². The maximum atomic E-state index is 12.1. The van der Waals surface area contributed by atoms with Gasteiger partial charge in [-0.15, -0.1) is 0 Å². The van der Waals surface area contributed by atoms with Crippen LogP contribution in [-0.4, -0.2) is 28.9 Å². The molecular weight excluding hydrogens is 326 g/mol. The summed E-state index contributed by atoms with van der Waals surface area (Å²) in [6.07, 6.45) is 4.30. The van der Waals surface area contributed by atoms with Crippen LogP contribution in [0.3, 0.4) is 0 Å². The molecule has 0 saturated carbocycles. The molecule has 0 radical (unpaired) electrons. The van der Waals surface area contributed by atoms with Crippen LogP contribution in [-0.2, 0) is 23.1 Å². The number of oxazole rings is 1. The lowest BCUT2D eigenvalue weighted by Gasteiger charge is -2.18. The number of sulfonamides is 1. The first-order chi connectivity index (χ1) is 11.5. The van der Waals surface area contributed by atoms with Crippen LogP contribution in [0.25, 0.3) is 11.5 Å². The number of hydrogen-bond donors (Lipinski definition) is 0. The third-order valence-corrected chi connectivity index (χ3v) is 4.64. The standard InChI is InChI=1S/C17H17N3O3S/c1-24(21,22)20(11-15-9-5-6-10-18-15)12-16-13-23-17(19-16)14-7-3-2-4-8-14/h2-10,13H,11-12H2,1H3. The van der Waals surface area contributed by atoms with Gasteiger partial charge in [-0.25, -0.2) is 13.4 Å². The summed E-state index contributed by atoms with van der Waals surface area (Å²) in [5.41, 5.74) is 2.07. The lowest BCUT2D eigenvalue weighted by molar-refractivity contribution is 0.396. The molecular formula is C17H17N3O3S. The Balaban J connectivity index is 1.80. The van der Waals surface area contributed by atoms with Crippen LogP contribution in [0.1, 0.15) is 11.4 Å². The Labute approximate surface area is 140 Å². The minimum absolute atomic E-state index is 0.131. The van der Waals surface area contributed by atoms with E-state index in [0.29, 0.717) is 17.3 Å². The highest BCUT2D eigenvalue weighted by Crippen LogP contribution is 2.19. The maximum Gasteiger partial charge on any atom is 0.226 e. The highest BCUT2D eigenvalue weighted by Gasteiger charge is 2.20. The summed E-state index contributed by atoms with van der Waals surface area (Å²) in [5.74, 6) is 0.469. The molecule has 2 heterocycles. The Kier molecular flexibility index (Phi) is 4.73. The average Bonchev–Trinajstić information content (AvgIpc) is 3.04. The van der Waals surface area contributed by atoms with E-state index in [2.05, 4.69) is 9.97 Å². The van der Waals surface area contributed by atoms with Gasteiger partial charge < -0.3 is 4.42 Å². The molecule has 0 saturated heterocycles. The molecule has 6 nitrogen and oxygen atoms in total. The van der Waals surface area contributed by atoms with Gasteiger partial charge in [-0.05, 0) is 24.3 Å². The van der Waals surface area contributed by atoms with E-state index in [9.17, 15) is 8.42 Å². The second-order valence-electron chi connectivity index (χ2n) is 5.36. The van der Waals surface area contributed by atoms with Crippen molar-refractivity contribution >= 4 is 10.0 Å². The first-order valence-electron chi connectivity index (χ1n) is 7.37. The van der Waals surface area contributed by atoms with Gasteiger partial charge in [-0.1, -0.05) is 24.3 Å². The smallest absolute Gasteiger partial charge is 0.226 e. The fourth-order valence-corrected chi connectivity index (χ4v) is 2.97. The first kappa shape index (κ1) is 16.4. The quantitative estimate of drug-likeness (QED) is 0.688. The molecule has 3 rings (SSSR count). The molecule has 124 valence electrons. The summed E-state index contributed by atoms with van der Waals surface area (Å²) in [6, 6.07) is 14.9. The van der Waals surface area contributed by atoms with E-state index < -0.39 is 10.0 Å². The van der Waals surface area contributed by atoms with Crippen LogP contribution in [0.15, 0.2) is 65.4 Å². The second-order valence-corrected chi connectivity index (χ2v) is 7.34. The Bertz CT molecular complexity index is 893. The second kappa shape index (κ2) is 6.94. The zero-order valence-corrected chi connectivity index (χ0v) is 14.0. The average molecular weight is 343 g/mol. The molecule has 2 aromatic heterocycles. The van der Waals surface area contributed by atoms with Crippen LogP contribution in [0.4, 0.5) is 0 Å². The Morgan fingerprint density at radius 2 is 1.71 bits per heavy atom. The number of pyridine rings is 1. The van der Waals surface area contributed by atoms with Crippen LogP contribution in [0.5, 0.6) is 0 Å². The summed E-state index contributed by atoms with van der Waals surface area (Å²) in [7, 11) is -3.41. The molecule has 0 N–H and O–H groups in total. The predicted molar refractivity (Wildman–Crippen MR) is 90.3 cm³/mol. The molecule has 0 bridgehead atoms. The molecule has 0 aliphatic rings. The van der Waals surface area contributed by atoms with E-state index in [0.717, 1.165) is 5.56 Å². The minimum Gasteiger partial charge on any atom is -0.444 e. The molecule has 24 heavy (non-hydrogen) atoms. The predicted octanol–water partition coefficient (Wildman–Crippen LogP) is 2.70. The summed E-state index contributed by atoms with van der Waals surface area (Å²) in [6.45, 7) is 0.318. The van der Waals surface area contributed by atoms with Gasteiger partial charge in [0.2, 0.25) is 15.9 Å². The van der Waals surface area contributed by atoms with E-state index in [1.165, 1.54) is 16.8 Å². The topological polar surface area (TPSA) is 76.3 Å². The van der Waals surface area contributed by atoms with E-state index in [-0.39, 0.29) is 13.1 Å². The number of rotatable bonds is 6. The minimum atomic E-state index is -3.41. The summed E-state index contributed by atoms with van der Waals surface area (Å²) in [4.78, 5) is 8.56. The van der Waals surface area contributed by atoms with E-state index in [4.69, 9.17) is 4.42 Å². The monoisotopic (exact) mass is 343 g/mol. The van der Waals surface area contributed by atoms with Crippen molar-refractivity contribution < 1.29 is 12.8 Å². The fourth-order valence-electron chi connectivity index (χ4n) is 2.24. The molecule has 3 aromatic rings. The number of benzene rings is 1. The molecule has 0 amide bonds. The van der Waals surface area contributed by atoms with Gasteiger partial charge in [0, 0.05) is 11.8 Å². The van der Waals surface area contributed by atoms with Gasteiger partial charge in [0.1, 0.15) is 6.26 Å². The van der Waals surface area contributed by atoms with Gasteiger partial charge in [-0.3, -0.25) is 4.98 Å². The zero-order valence-electron chi connectivity index (χ0n) is 13.2. The van der Waals surface area contributed by atoms with Crippen molar-refractivity contribution in [3.63, 3.8) is 0 Å². The van der Waals surface area contributed by atoms with E-state index >= 15 is 0 Å². The Morgan fingerprint density at radius 1 is 1.00 bits per heavy atom. The van der Waals surface area contributed by atoms with Crippen molar-refractivity contribution in [2.45, 2.75) is 13.1 Å². The zero-order chi connectivity index (χ0) is 17.0. The number of hydrogen-bond acceptors (Lipinski definition) is 5. The summed E-state index contributed by atoms with van der Waals surface area (Å²) >= 11 is 0. The van der Waals surface area contributed by atoms with Crippen molar-refractivity contribution in [1.82, 2.24) is 14.3 Å². The molecule has 0 fully saturated rings. The Hall–Kier alpha value is -2.51. The largest absolute Gasteiger partial charge is 0.444 e. The van der Waals surface area contributed by atoms with Gasteiger partial charge in [0.15, 0.2) is 0 Å². The first-order valence-corrected chi connectivity index (χ1v) is 9.22. The number of nitrogens with zero attached hydrogens (tertiary/aromatic N) is 3. The van der Waals surface area contributed by atoms with E-state index in [1.807, 2.05) is 36.4 Å². The van der Waals surface area contributed by atoms with Crippen molar-refractivity contribution in [3.05, 3.63) is 72.4 Å². The Morgan fingerprint density at radius 3 is 2.38 bits per heavy atom. The van der Waals surface area contributed by atoms with E-state index in [1.54, 1.807) is 18.3 Å². The lowest BCUT2D eigenvalue weighted by atomic mass is 10.2. The fraction of sp³-hybridized carbons (Fsp3) is 0.176. The molecule has 0 aliphatic carbocycles. The van der Waals surface area contributed by atoms with Crippen molar-refractivity contribution in [2.75, 3.05) is 6.26 Å². The van der Waals surface area contributed by atoms with Gasteiger partial charge >= 0.3 is 0 Å². The highest BCUT2D eigenvalue weighted by atomic mass is 32.2. The summed E-state index contributed by atoms with van der Waals surface area (Å²) in [5, 5.41) is 0. The lowest BCUT2D eigenvalue weighted by Crippen LogP contribution is -2.29. The normalized spacial score (nSPS) is 11.8. The highest BCUT2D eigenvalue weighted by molar-refractivity contribution is 7.88. The molecule has 7 heteroatoms. The molecule has 1 aromatic carbocycles. The van der Waals surface area contributed by atoms with Crippen LogP contribution < -0.4 is 0 Å².